The van der Waals surface area contributed by atoms with Crippen LogP contribution in [0.15, 0.2) is 18.2 Å². The lowest BCUT2D eigenvalue weighted by molar-refractivity contribution is -0.137. The van der Waals surface area contributed by atoms with Gasteiger partial charge in [0.1, 0.15) is 5.75 Å². The first-order valence-corrected chi connectivity index (χ1v) is 10.2. The Kier molecular flexibility index (Phi) is 11.7. The zero-order valence-electron chi connectivity index (χ0n) is 16.2. The third-order valence-corrected chi connectivity index (χ3v) is 4.52. The molecule has 0 saturated carbocycles. The summed E-state index contributed by atoms with van der Waals surface area (Å²) in [4.78, 5) is 11.4. The third kappa shape index (κ3) is 10.4. The maximum atomic E-state index is 10.6. The van der Waals surface area contributed by atoms with Crippen molar-refractivity contribution in [2.45, 2.75) is 78.1 Å². The van der Waals surface area contributed by atoms with Crippen molar-refractivity contribution in [3.63, 3.8) is 0 Å². The molecule has 0 aliphatic heterocycles. The third-order valence-electron chi connectivity index (χ3n) is 4.21. The lowest BCUT2D eigenvalue weighted by atomic mass is 10.1. The molecule has 1 aromatic rings. The Morgan fingerprint density at radius 1 is 1.08 bits per heavy atom. The van der Waals surface area contributed by atoms with Crippen molar-refractivity contribution in [1.82, 2.24) is 0 Å². The molecule has 0 amide bonds. The maximum Gasteiger partial charge on any atom is 0.303 e. The van der Waals surface area contributed by atoms with Crippen LogP contribution in [0.2, 0.25) is 0 Å². The number of anilines is 1. The van der Waals surface area contributed by atoms with Gasteiger partial charge in [-0.25, -0.2) is 0 Å². The van der Waals surface area contributed by atoms with Crippen molar-refractivity contribution in [3.05, 3.63) is 23.8 Å². The number of carboxylic acids is 1. The number of nitrogens with one attached hydrogen (secondary N) is 1. The number of carbonyl (C=O) groups is 1. The minimum absolute atomic E-state index is 0.116. The number of unbranched alkanes of at least 4 members (excludes halogenated alkanes) is 6. The van der Waals surface area contributed by atoms with Gasteiger partial charge in [-0.15, -0.1) is 0 Å². The maximum absolute atomic E-state index is 10.6. The van der Waals surface area contributed by atoms with Crippen LogP contribution in [0.5, 0.6) is 5.75 Å². The highest BCUT2D eigenvalue weighted by Gasteiger charge is 2.07. The van der Waals surface area contributed by atoms with E-state index in [1.165, 1.54) is 38.5 Å². The monoisotopic (exact) mass is 379 g/mol. The number of rotatable bonds is 14. The Morgan fingerprint density at radius 3 is 2.46 bits per heavy atom. The molecule has 0 atom stereocenters. The first-order chi connectivity index (χ1) is 12.5. The predicted molar refractivity (Wildman–Crippen MR) is 112 cm³/mol. The predicted octanol–water partition coefficient (Wildman–Crippen LogP) is 6.12. The molecule has 1 rings (SSSR count). The summed E-state index contributed by atoms with van der Waals surface area (Å²) in [6, 6.07) is 5.95. The highest BCUT2D eigenvalue weighted by molar-refractivity contribution is 7.80. The van der Waals surface area contributed by atoms with Crippen LogP contribution in [0, 0.1) is 6.92 Å². The van der Waals surface area contributed by atoms with Crippen molar-refractivity contribution >= 4 is 28.9 Å². The minimum atomic E-state index is -0.799. The molecule has 0 saturated heterocycles. The number of hydrogen-bond acceptors (Lipinski definition) is 3. The van der Waals surface area contributed by atoms with Crippen LogP contribution < -0.4 is 10.1 Å². The lowest BCUT2D eigenvalue weighted by Gasteiger charge is -2.14. The molecule has 2 N–H and O–H groups in total. The lowest BCUT2D eigenvalue weighted by Crippen LogP contribution is -2.11. The van der Waals surface area contributed by atoms with Gasteiger partial charge in [0, 0.05) is 6.42 Å². The van der Waals surface area contributed by atoms with E-state index < -0.39 is 5.97 Å². The number of aryl methyl sites for hydroxylation is 1. The Labute approximate surface area is 163 Å². The van der Waals surface area contributed by atoms with Crippen LogP contribution in [0.4, 0.5) is 5.69 Å². The number of carboxylic acid groups (broad SMARTS) is 1. The molecule has 0 spiro atoms. The molecule has 4 nitrogen and oxygen atoms in total. The molecule has 5 heteroatoms. The molecular weight excluding hydrogens is 346 g/mol. The van der Waals surface area contributed by atoms with E-state index in [2.05, 4.69) is 12.2 Å². The van der Waals surface area contributed by atoms with E-state index in [1.807, 2.05) is 25.1 Å². The van der Waals surface area contributed by atoms with E-state index in [0.29, 0.717) is 13.0 Å². The van der Waals surface area contributed by atoms with Crippen molar-refractivity contribution < 1.29 is 14.6 Å². The quantitative estimate of drug-likeness (QED) is 0.301. The number of hydrogen-bond donors (Lipinski definition) is 2. The van der Waals surface area contributed by atoms with Crippen LogP contribution in [0.3, 0.4) is 0 Å². The van der Waals surface area contributed by atoms with E-state index in [9.17, 15) is 4.79 Å². The van der Waals surface area contributed by atoms with Gasteiger partial charge >= 0.3 is 5.97 Å². The zero-order valence-corrected chi connectivity index (χ0v) is 17.0. The Morgan fingerprint density at radius 2 is 1.77 bits per heavy atom. The Bertz CT molecular complexity index is 560. The van der Waals surface area contributed by atoms with Gasteiger partial charge < -0.3 is 15.2 Å². The van der Waals surface area contributed by atoms with Gasteiger partial charge in [-0.2, -0.15) is 0 Å². The van der Waals surface area contributed by atoms with Crippen molar-refractivity contribution in [2.24, 2.45) is 0 Å². The van der Waals surface area contributed by atoms with E-state index in [0.717, 1.165) is 34.8 Å². The van der Waals surface area contributed by atoms with Gasteiger partial charge in [0.15, 0.2) is 0 Å². The van der Waals surface area contributed by atoms with Gasteiger partial charge in [0.05, 0.1) is 17.3 Å². The summed E-state index contributed by atoms with van der Waals surface area (Å²) in [5.41, 5.74) is 1.96. The van der Waals surface area contributed by atoms with Crippen LogP contribution in [-0.4, -0.2) is 22.7 Å². The summed E-state index contributed by atoms with van der Waals surface area (Å²) >= 11 is 5.47. The van der Waals surface area contributed by atoms with E-state index in [4.69, 9.17) is 22.1 Å². The second-order valence-electron chi connectivity index (χ2n) is 6.76. The van der Waals surface area contributed by atoms with Crippen molar-refractivity contribution in [3.8, 4) is 5.75 Å². The fraction of sp³-hybridized carbons (Fsp3) is 0.619. The smallest absolute Gasteiger partial charge is 0.303 e. The summed E-state index contributed by atoms with van der Waals surface area (Å²) < 4.78 is 5.76. The van der Waals surface area contributed by atoms with Crippen LogP contribution >= 0.6 is 12.2 Å². The number of ether oxygens (including phenoxy) is 1. The largest absolute Gasteiger partial charge is 0.491 e. The normalized spacial score (nSPS) is 10.5. The Hall–Kier alpha value is -1.62. The standard InChI is InChI=1S/C21H33NO3S/c1-3-4-5-6-7-8-9-11-20(26)22-18-14-13-17(2)16-19(18)25-15-10-12-21(23)24/h13-14,16H,3-12,15H2,1-2H3,(H,22,26)(H,23,24). The van der Waals surface area contributed by atoms with Gasteiger partial charge in [-0.05, 0) is 43.9 Å². The first-order valence-electron chi connectivity index (χ1n) is 9.78. The molecule has 1 aromatic carbocycles. The van der Waals surface area contributed by atoms with Gasteiger partial charge in [0.2, 0.25) is 0 Å². The molecular formula is C21H33NO3S. The van der Waals surface area contributed by atoms with Gasteiger partial charge in [-0.3, -0.25) is 4.79 Å². The molecule has 0 radical (unpaired) electrons. The first kappa shape index (κ1) is 22.4. The summed E-state index contributed by atoms with van der Waals surface area (Å²) in [6.07, 6.45) is 10.4. The highest BCUT2D eigenvalue weighted by Crippen LogP contribution is 2.26. The summed E-state index contributed by atoms with van der Waals surface area (Å²) in [5, 5.41) is 12.0. The molecule has 0 bridgehead atoms. The number of aliphatic carboxylic acids is 1. The van der Waals surface area contributed by atoms with Gasteiger partial charge in [-0.1, -0.05) is 63.7 Å². The molecule has 0 aliphatic carbocycles. The second kappa shape index (κ2) is 13.6. The average molecular weight is 380 g/mol. The molecule has 0 heterocycles. The van der Waals surface area contributed by atoms with E-state index in [1.54, 1.807) is 0 Å². The fourth-order valence-corrected chi connectivity index (χ4v) is 2.97. The second-order valence-corrected chi connectivity index (χ2v) is 7.26. The molecule has 0 unspecified atom stereocenters. The van der Waals surface area contributed by atoms with Crippen molar-refractivity contribution in [2.75, 3.05) is 11.9 Å². The SMILES string of the molecule is CCCCCCCCCC(=S)Nc1ccc(C)cc1OCCCC(=O)O. The minimum Gasteiger partial charge on any atom is -0.491 e. The van der Waals surface area contributed by atoms with Crippen LogP contribution in [-0.2, 0) is 4.79 Å². The molecule has 26 heavy (non-hydrogen) atoms. The van der Waals surface area contributed by atoms with E-state index >= 15 is 0 Å². The molecule has 146 valence electrons. The number of thiocarbonyl (C=S) groups is 1. The fourth-order valence-electron chi connectivity index (χ4n) is 2.71. The topological polar surface area (TPSA) is 58.6 Å². The van der Waals surface area contributed by atoms with Crippen LogP contribution in [0.1, 0.15) is 76.7 Å². The summed E-state index contributed by atoms with van der Waals surface area (Å²) in [7, 11) is 0. The van der Waals surface area contributed by atoms with Crippen molar-refractivity contribution in [1.29, 1.82) is 0 Å². The highest BCUT2D eigenvalue weighted by atomic mass is 32.1. The molecule has 0 fully saturated rings. The van der Waals surface area contributed by atoms with E-state index in [-0.39, 0.29) is 6.42 Å². The summed E-state index contributed by atoms with van der Waals surface area (Å²) in [6.45, 7) is 4.62. The molecule has 0 aromatic heterocycles. The molecule has 0 aliphatic rings. The van der Waals surface area contributed by atoms with Crippen LogP contribution in [0.25, 0.3) is 0 Å². The number of benzene rings is 1. The zero-order chi connectivity index (χ0) is 19.2. The average Bonchev–Trinajstić information content (AvgIpc) is 2.60. The van der Waals surface area contributed by atoms with Gasteiger partial charge in [0.25, 0.3) is 0 Å². The summed E-state index contributed by atoms with van der Waals surface area (Å²) in [5.74, 6) is -0.0654. The Balaban J connectivity index is 2.37.